The van der Waals surface area contributed by atoms with Gasteiger partial charge in [0.25, 0.3) is 0 Å². The SMILES string of the molecule is C=CC(=O)OCC(C)(COC(O)C=C)NC(=O)NCCCNC(=O)C(C)(CC(C)(C)C)C(C)C. The van der Waals surface area contributed by atoms with Crippen LogP contribution in [0.1, 0.15) is 61.3 Å². The quantitative estimate of drug-likeness (QED) is 0.0933. The van der Waals surface area contributed by atoms with E-state index in [4.69, 9.17) is 9.47 Å². The molecule has 3 unspecified atom stereocenters. The van der Waals surface area contributed by atoms with Gasteiger partial charge in [-0.05, 0) is 37.2 Å². The Morgan fingerprint density at radius 1 is 1.00 bits per heavy atom. The predicted octanol–water partition coefficient (Wildman–Crippen LogP) is 2.90. The zero-order valence-electron chi connectivity index (χ0n) is 22.0. The lowest BCUT2D eigenvalue weighted by Gasteiger charge is -2.37. The molecule has 0 spiro atoms. The molecule has 0 aromatic carbocycles. The van der Waals surface area contributed by atoms with E-state index in [1.54, 1.807) is 6.92 Å². The molecular formula is C25H45N3O6. The summed E-state index contributed by atoms with van der Waals surface area (Å²) in [6.45, 7) is 21.3. The highest BCUT2D eigenvalue weighted by Gasteiger charge is 2.39. The first kappa shape index (κ1) is 31.6. The van der Waals surface area contributed by atoms with Gasteiger partial charge in [0.15, 0.2) is 6.29 Å². The number of aliphatic hydroxyl groups is 1. The molecule has 0 rings (SSSR count). The Balaban J connectivity index is 4.71. The van der Waals surface area contributed by atoms with Crippen molar-refractivity contribution < 1.29 is 29.0 Å². The second kappa shape index (κ2) is 14.1. The molecule has 34 heavy (non-hydrogen) atoms. The number of esters is 1. The fourth-order valence-corrected chi connectivity index (χ4v) is 3.40. The minimum Gasteiger partial charge on any atom is -0.460 e. The van der Waals surface area contributed by atoms with Gasteiger partial charge in [-0.1, -0.05) is 54.7 Å². The van der Waals surface area contributed by atoms with E-state index in [2.05, 4.69) is 63.7 Å². The first-order valence-electron chi connectivity index (χ1n) is 11.6. The molecule has 3 amide bonds. The smallest absolute Gasteiger partial charge is 0.330 e. The highest BCUT2D eigenvalue weighted by atomic mass is 16.6. The van der Waals surface area contributed by atoms with Crippen LogP contribution in [0.15, 0.2) is 25.3 Å². The van der Waals surface area contributed by atoms with Gasteiger partial charge in [0.1, 0.15) is 6.61 Å². The monoisotopic (exact) mass is 483 g/mol. The second-order valence-electron chi connectivity index (χ2n) is 10.6. The molecule has 0 heterocycles. The van der Waals surface area contributed by atoms with Crippen molar-refractivity contribution in [1.82, 2.24) is 16.0 Å². The Bertz CT molecular complexity index is 703. The Labute approximate surface area is 204 Å². The Kier molecular flexibility index (Phi) is 13.1. The Morgan fingerprint density at radius 3 is 2.09 bits per heavy atom. The molecule has 0 aliphatic carbocycles. The van der Waals surface area contributed by atoms with Crippen molar-refractivity contribution in [3.8, 4) is 0 Å². The number of aliphatic hydroxyl groups excluding tert-OH is 1. The lowest BCUT2D eigenvalue weighted by molar-refractivity contribution is -0.142. The summed E-state index contributed by atoms with van der Waals surface area (Å²) in [6.07, 6.45) is 2.28. The fourth-order valence-electron chi connectivity index (χ4n) is 3.40. The van der Waals surface area contributed by atoms with Crippen LogP contribution < -0.4 is 16.0 Å². The zero-order chi connectivity index (χ0) is 26.6. The van der Waals surface area contributed by atoms with Gasteiger partial charge in [-0.15, -0.1) is 0 Å². The second-order valence-corrected chi connectivity index (χ2v) is 10.6. The lowest BCUT2D eigenvalue weighted by Crippen LogP contribution is -2.56. The van der Waals surface area contributed by atoms with E-state index in [9.17, 15) is 19.5 Å². The van der Waals surface area contributed by atoms with Crippen molar-refractivity contribution in [2.24, 2.45) is 16.7 Å². The number of urea groups is 1. The topological polar surface area (TPSA) is 126 Å². The number of nitrogens with one attached hydrogen (secondary N) is 3. The van der Waals surface area contributed by atoms with E-state index in [0.29, 0.717) is 19.5 Å². The van der Waals surface area contributed by atoms with Gasteiger partial charge in [-0.3, -0.25) is 4.79 Å². The van der Waals surface area contributed by atoms with Gasteiger partial charge in [0.2, 0.25) is 5.91 Å². The molecular weight excluding hydrogens is 438 g/mol. The van der Waals surface area contributed by atoms with Gasteiger partial charge in [-0.25, -0.2) is 9.59 Å². The van der Waals surface area contributed by atoms with Crippen molar-refractivity contribution in [2.75, 3.05) is 26.3 Å². The maximum atomic E-state index is 12.9. The van der Waals surface area contributed by atoms with Crippen molar-refractivity contribution in [3.63, 3.8) is 0 Å². The molecule has 0 bridgehead atoms. The van der Waals surface area contributed by atoms with Gasteiger partial charge in [0.05, 0.1) is 12.1 Å². The maximum Gasteiger partial charge on any atom is 0.330 e. The van der Waals surface area contributed by atoms with Gasteiger partial charge >= 0.3 is 12.0 Å². The van der Waals surface area contributed by atoms with Crippen molar-refractivity contribution in [3.05, 3.63) is 25.3 Å². The van der Waals surface area contributed by atoms with E-state index in [1.165, 1.54) is 6.08 Å². The summed E-state index contributed by atoms with van der Waals surface area (Å²) in [5, 5.41) is 18.0. The number of hydrogen-bond acceptors (Lipinski definition) is 6. The summed E-state index contributed by atoms with van der Waals surface area (Å²) in [4.78, 5) is 36.7. The van der Waals surface area contributed by atoms with Crippen LogP contribution in [0.5, 0.6) is 0 Å². The summed E-state index contributed by atoms with van der Waals surface area (Å²) >= 11 is 0. The lowest BCUT2D eigenvalue weighted by atomic mass is 9.68. The number of ether oxygens (including phenoxy) is 2. The van der Waals surface area contributed by atoms with E-state index in [1.807, 2.05) is 6.92 Å². The minimum atomic E-state index is -1.22. The number of amides is 3. The van der Waals surface area contributed by atoms with Crippen LogP contribution in [-0.4, -0.2) is 61.1 Å². The highest BCUT2D eigenvalue weighted by Crippen LogP contribution is 2.39. The molecule has 0 aliphatic rings. The Hall–Kier alpha value is -2.39. The number of carbonyl (C=O) groups is 3. The molecule has 0 radical (unpaired) electrons. The van der Waals surface area contributed by atoms with E-state index in [-0.39, 0.29) is 30.5 Å². The fraction of sp³-hybridized carbons (Fsp3) is 0.720. The van der Waals surface area contributed by atoms with Crippen LogP contribution in [0.3, 0.4) is 0 Å². The normalized spacial score (nSPS) is 15.9. The van der Waals surface area contributed by atoms with Gasteiger partial charge < -0.3 is 30.5 Å². The standard InChI is InChI=1S/C25H45N3O6/c1-10-19(29)33-16-24(8,17-34-20(30)11-2)28-22(32)27-14-12-13-26-21(31)25(9,18(3)4)15-23(5,6)7/h10-11,18-19,29H,1-2,12-17H2,3-9H3,(H,26,31)(H2,27,28,32). The number of hydrogen-bond donors (Lipinski definition) is 4. The largest absolute Gasteiger partial charge is 0.460 e. The first-order valence-corrected chi connectivity index (χ1v) is 11.6. The predicted molar refractivity (Wildman–Crippen MR) is 133 cm³/mol. The van der Waals surface area contributed by atoms with Crippen LogP contribution in [0.4, 0.5) is 4.79 Å². The minimum absolute atomic E-state index is 0.0106. The third-order valence-electron chi connectivity index (χ3n) is 5.50. The van der Waals surface area contributed by atoms with Crippen LogP contribution in [0.2, 0.25) is 0 Å². The molecule has 0 aromatic rings. The van der Waals surface area contributed by atoms with Crippen LogP contribution in [0, 0.1) is 16.7 Å². The number of rotatable bonds is 15. The molecule has 3 atom stereocenters. The van der Waals surface area contributed by atoms with Crippen LogP contribution >= 0.6 is 0 Å². The third kappa shape index (κ3) is 12.2. The van der Waals surface area contributed by atoms with E-state index >= 15 is 0 Å². The maximum absolute atomic E-state index is 12.9. The van der Waals surface area contributed by atoms with Gasteiger partial charge in [0, 0.05) is 24.6 Å². The van der Waals surface area contributed by atoms with Crippen LogP contribution in [-0.2, 0) is 19.1 Å². The van der Waals surface area contributed by atoms with Crippen LogP contribution in [0.25, 0.3) is 0 Å². The van der Waals surface area contributed by atoms with E-state index < -0.39 is 29.2 Å². The molecule has 0 fully saturated rings. The first-order chi connectivity index (χ1) is 15.6. The molecule has 9 heteroatoms. The summed E-state index contributed by atoms with van der Waals surface area (Å²) in [7, 11) is 0. The molecule has 9 nitrogen and oxygen atoms in total. The molecule has 0 saturated heterocycles. The molecule has 0 aliphatic heterocycles. The van der Waals surface area contributed by atoms with Crippen molar-refractivity contribution in [1.29, 1.82) is 0 Å². The zero-order valence-corrected chi connectivity index (χ0v) is 22.0. The third-order valence-corrected chi connectivity index (χ3v) is 5.50. The molecule has 0 aromatic heterocycles. The average Bonchev–Trinajstić information content (AvgIpc) is 2.73. The molecule has 196 valence electrons. The summed E-state index contributed by atoms with van der Waals surface area (Å²) in [5.41, 5.74) is -1.56. The summed E-state index contributed by atoms with van der Waals surface area (Å²) < 4.78 is 10.3. The van der Waals surface area contributed by atoms with Crippen molar-refractivity contribution in [2.45, 2.75) is 73.1 Å². The average molecular weight is 484 g/mol. The van der Waals surface area contributed by atoms with E-state index in [0.717, 1.165) is 12.5 Å². The number of carbonyl (C=O) groups excluding carboxylic acids is 3. The Morgan fingerprint density at radius 2 is 1.59 bits per heavy atom. The van der Waals surface area contributed by atoms with Crippen molar-refractivity contribution >= 4 is 17.9 Å². The molecule has 0 saturated carbocycles. The summed E-state index contributed by atoms with van der Waals surface area (Å²) in [6, 6.07) is -0.500. The highest BCUT2D eigenvalue weighted by molar-refractivity contribution is 5.82. The summed E-state index contributed by atoms with van der Waals surface area (Å²) in [5.74, 6) is -0.449. The van der Waals surface area contributed by atoms with Gasteiger partial charge in [-0.2, -0.15) is 0 Å². The molecule has 4 N–H and O–H groups in total.